The summed E-state index contributed by atoms with van der Waals surface area (Å²) in [6, 6.07) is 10.8. The molecule has 1 aromatic heterocycles. The zero-order chi connectivity index (χ0) is 19.4. The topological polar surface area (TPSA) is 85.8 Å². The lowest BCUT2D eigenvalue weighted by Gasteiger charge is -2.07. The van der Waals surface area contributed by atoms with E-state index in [-0.39, 0.29) is 35.4 Å². The van der Waals surface area contributed by atoms with Gasteiger partial charge in [0.2, 0.25) is 11.1 Å². The van der Waals surface area contributed by atoms with Crippen LogP contribution in [0.4, 0.5) is 8.78 Å². The van der Waals surface area contributed by atoms with E-state index in [2.05, 4.69) is 15.5 Å². The summed E-state index contributed by atoms with van der Waals surface area (Å²) < 4.78 is 28.3. The Morgan fingerprint density at radius 2 is 1.96 bits per heavy atom. The predicted octanol–water partition coefficient (Wildman–Crippen LogP) is 2.65. The minimum Gasteiger partial charge on any atom is -0.351 e. The van der Waals surface area contributed by atoms with Crippen molar-refractivity contribution in [2.45, 2.75) is 18.6 Å². The summed E-state index contributed by atoms with van der Waals surface area (Å²) in [6.07, 6.45) is 0. The zero-order valence-electron chi connectivity index (χ0n) is 14.4. The number of hydrogen-bond donors (Lipinski definition) is 2. The number of benzene rings is 2. The van der Waals surface area contributed by atoms with Crippen molar-refractivity contribution in [1.29, 1.82) is 0 Å². The quantitative estimate of drug-likeness (QED) is 0.500. The molecule has 0 unspecified atom stereocenters. The molecule has 0 fully saturated rings. The van der Waals surface area contributed by atoms with Gasteiger partial charge in [-0.3, -0.25) is 4.79 Å². The van der Waals surface area contributed by atoms with Crippen LogP contribution in [0, 0.1) is 18.6 Å². The summed E-state index contributed by atoms with van der Waals surface area (Å²) >= 11 is 1.09. The monoisotopic (exact) mass is 389 g/mol. The third kappa shape index (κ3) is 4.43. The molecule has 9 heteroatoms. The highest BCUT2D eigenvalue weighted by Crippen LogP contribution is 2.23. The van der Waals surface area contributed by atoms with Gasteiger partial charge in [-0.15, -0.1) is 10.2 Å². The first kappa shape index (κ1) is 18.8. The average Bonchev–Trinajstić information content (AvgIpc) is 3.02. The van der Waals surface area contributed by atoms with Gasteiger partial charge in [-0.2, -0.15) is 0 Å². The predicted molar refractivity (Wildman–Crippen MR) is 99.3 cm³/mol. The summed E-state index contributed by atoms with van der Waals surface area (Å²) in [5.41, 5.74) is 1.56. The average molecular weight is 389 g/mol. The maximum atomic E-state index is 13.9. The van der Waals surface area contributed by atoms with Crippen LogP contribution >= 0.6 is 11.8 Å². The molecule has 0 saturated heterocycles. The first-order valence-corrected chi connectivity index (χ1v) is 9.04. The van der Waals surface area contributed by atoms with Gasteiger partial charge in [0.15, 0.2) is 5.82 Å². The Kier molecular flexibility index (Phi) is 5.70. The van der Waals surface area contributed by atoms with Crippen LogP contribution < -0.4 is 11.2 Å². The van der Waals surface area contributed by atoms with E-state index in [1.807, 2.05) is 0 Å². The van der Waals surface area contributed by atoms with Gasteiger partial charge < -0.3 is 11.2 Å². The molecule has 0 radical (unpaired) electrons. The molecule has 0 saturated carbocycles. The number of carbonyl (C=O) groups is 1. The molecule has 6 nitrogen and oxygen atoms in total. The summed E-state index contributed by atoms with van der Waals surface area (Å²) in [6.45, 7) is 1.95. The fourth-order valence-corrected chi connectivity index (χ4v) is 3.09. The number of nitrogens with one attached hydrogen (secondary N) is 1. The number of nitrogen functional groups attached to an aromatic ring is 1. The van der Waals surface area contributed by atoms with E-state index in [0.717, 1.165) is 22.0 Å². The van der Waals surface area contributed by atoms with Crippen molar-refractivity contribution >= 4 is 17.7 Å². The van der Waals surface area contributed by atoms with Crippen LogP contribution in [0.25, 0.3) is 11.4 Å². The number of rotatable bonds is 6. The number of halogens is 2. The first-order valence-electron chi connectivity index (χ1n) is 8.05. The summed E-state index contributed by atoms with van der Waals surface area (Å²) in [5, 5.41) is 10.8. The zero-order valence-corrected chi connectivity index (χ0v) is 15.3. The Morgan fingerprint density at radius 1 is 1.19 bits per heavy atom. The van der Waals surface area contributed by atoms with Crippen molar-refractivity contribution in [1.82, 2.24) is 20.2 Å². The second-order valence-electron chi connectivity index (χ2n) is 5.80. The van der Waals surface area contributed by atoms with Crippen molar-refractivity contribution < 1.29 is 13.6 Å². The molecule has 0 spiro atoms. The van der Waals surface area contributed by atoms with Crippen molar-refractivity contribution in [2.75, 3.05) is 11.6 Å². The molecular formula is C18H17F2N5OS. The molecule has 140 valence electrons. The van der Waals surface area contributed by atoms with Crippen molar-refractivity contribution in [2.24, 2.45) is 0 Å². The minimum absolute atomic E-state index is 0.0623. The van der Waals surface area contributed by atoms with Gasteiger partial charge in [0.1, 0.15) is 11.6 Å². The van der Waals surface area contributed by atoms with E-state index < -0.39 is 5.82 Å². The lowest BCUT2D eigenvalue weighted by Crippen LogP contribution is -2.25. The Labute approximate surface area is 158 Å². The summed E-state index contributed by atoms with van der Waals surface area (Å²) in [7, 11) is 0. The minimum atomic E-state index is -0.458. The van der Waals surface area contributed by atoms with Crippen molar-refractivity contribution in [3.8, 4) is 11.4 Å². The normalized spacial score (nSPS) is 10.8. The highest BCUT2D eigenvalue weighted by Gasteiger charge is 2.16. The largest absolute Gasteiger partial charge is 0.351 e. The molecule has 0 aliphatic rings. The van der Waals surface area contributed by atoms with Gasteiger partial charge in [-0.25, -0.2) is 13.5 Å². The summed E-state index contributed by atoms with van der Waals surface area (Å²) in [5.74, 6) is 5.18. The van der Waals surface area contributed by atoms with Crippen LogP contribution in [-0.2, 0) is 11.3 Å². The van der Waals surface area contributed by atoms with Crippen LogP contribution in [-0.4, -0.2) is 26.5 Å². The first-order chi connectivity index (χ1) is 13.0. The van der Waals surface area contributed by atoms with Crippen molar-refractivity contribution in [3.63, 3.8) is 0 Å². The molecule has 0 aliphatic carbocycles. The maximum Gasteiger partial charge on any atom is 0.230 e. The maximum absolute atomic E-state index is 13.9. The van der Waals surface area contributed by atoms with Crippen molar-refractivity contribution in [3.05, 3.63) is 65.2 Å². The molecule has 3 aromatic rings. The van der Waals surface area contributed by atoms with Gasteiger partial charge in [0.25, 0.3) is 0 Å². The number of hydrogen-bond acceptors (Lipinski definition) is 5. The molecule has 0 bridgehead atoms. The highest BCUT2D eigenvalue weighted by molar-refractivity contribution is 7.99. The Balaban J connectivity index is 1.58. The number of thioether (sulfide) groups is 1. The third-order valence-corrected chi connectivity index (χ3v) is 4.77. The number of nitrogens with zero attached hydrogens (tertiary/aromatic N) is 3. The fourth-order valence-electron chi connectivity index (χ4n) is 2.40. The van der Waals surface area contributed by atoms with E-state index in [1.165, 1.54) is 12.1 Å². The molecular weight excluding hydrogens is 372 g/mol. The standard InChI is InChI=1S/C18H17F2N5OS/c1-11-8-12(6-7-14(11)19)9-22-16(26)10-27-18-24-23-17(25(18)21)13-4-2-3-5-15(13)20/h2-8H,9-10,21H2,1H3,(H,22,26). The molecule has 3 N–H and O–H groups in total. The van der Waals surface area contributed by atoms with Crippen LogP contribution in [0.1, 0.15) is 11.1 Å². The van der Waals surface area contributed by atoms with Crippen LogP contribution in [0.2, 0.25) is 0 Å². The van der Waals surface area contributed by atoms with Gasteiger partial charge in [0, 0.05) is 6.54 Å². The van der Waals surface area contributed by atoms with Gasteiger partial charge in [0.05, 0.1) is 11.3 Å². The molecule has 0 aliphatic heterocycles. The molecule has 2 aromatic carbocycles. The lowest BCUT2D eigenvalue weighted by atomic mass is 10.1. The second-order valence-corrected chi connectivity index (χ2v) is 6.75. The molecule has 0 atom stereocenters. The lowest BCUT2D eigenvalue weighted by molar-refractivity contribution is -0.118. The fraction of sp³-hybridized carbons (Fsp3) is 0.167. The van der Waals surface area contributed by atoms with Gasteiger partial charge >= 0.3 is 0 Å². The highest BCUT2D eigenvalue weighted by atomic mass is 32.2. The van der Waals surface area contributed by atoms with Crippen LogP contribution in [0.15, 0.2) is 47.6 Å². The second kappa shape index (κ2) is 8.17. The smallest absolute Gasteiger partial charge is 0.230 e. The number of nitrogens with two attached hydrogens (primary N) is 1. The number of carbonyl (C=O) groups excluding carboxylic acids is 1. The van der Waals surface area contributed by atoms with E-state index in [4.69, 9.17) is 5.84 Å². The molecule has 1 heterocycles. The SMILES string of the molecule is Cc1cc(CNC(=O)CSc2nnc(-c3ccccc3F)n2N)ccc1F. The number of aromatic nitrogens is 3. The Hall–Kier alpha value is -2.94. The van der Waals surface area contributed by atoms with Crippen LogP contribution in [0.5, 0.6) is 0 Å². The Morgan fingerprint density at radius 3 is 2.70 bits per heavy atom. The number of amides is 1. The third-order valence-electron chi connectivity index (χ3n) is 3.82. The summed E-state index contributed by atoms with van der Waals surface area (Å²) in [4.78, 5) is 12.0. The molecule has 1 amide bonds. The Bertz CT molecular complexity index is 976. The molecule has 3 rings (SSSR count). The van der Waals surface area contributed by atoms with Gasteiger partial charge in [-0.1, -0.05) is 36.0 Å². The number of aryl methyl sites for hydroxylation is 1. The van der Waals surface area contributed by atoms with Gasteiger partial charge in [-0.05, 0) is 36.2 Å². The van der Waals surface area contributed by atoms with E-state index in [1.54, 1.807) is 37.3 Å². The molecule has 27 heavy (non-hydrogen) atoms. The van der Waals surface area contributed by atoms with E-state index in [9.17, 15) is 13.6 Å². The van der Waals surface area contributed by atoms with E-state index >= 15 is 0 Å². The van der Waals surface area contributed by atoms with Crippen LogP contribution in [0.3, 0.4) is 0 Å². The van der Waals surface area contributed by atoms with E-state index in [0.29, 0.717) is 10.7 Å².